The van der Waals surface area contributed by atoms with Crippen LogP contribution in [0.1, 0.15) is 39.7 Å². The lowest BCUT2D eigenvalue weighted by molar-refractivity contribution is -0.166. The van der Waals surface area contributed by atoms with Gasteiger partial charge in [-0.25, -0.2) is 9.59 Å². The number of ether oxygens (including phenoxy) is 2. The van der Waals surface area contributed by atoms with E-state index in [0.29, 0.717) is 5.92 Å². The summed E-state index contributed by atoms with van der Waals surface area (Å²) in [5.74, 6) is -0.372. The molecule has 138 valence electrons. The van der Waals surface area contributed by atoms with E-state index >= 15 is 0 Å². The van der Waals surface area contributed by atoms with Crippen molar-refractivity contribution in [1.82, 2.24) is 5.32 Å². The van der Waals surface area contributed by atoms with Crippen molar-refractivity contribution >= 4 is 12.1 Å². The number of alkyl carbamates (subject to hydrolysis) is 1. The van der Waals surface area contributed by atoms with Crippen molar-refractivity contribution in [2.45, 2.75) is 58.5 Å². The molecule has 0 radical (unpaired) electrons. The Labute approximate surface area is 148 Å². The van der Waals surface area contributed by atoms with Gasteiger partial charge in [-0.2, -0.15) is 0 Å². The van der Waals surface area contributed by atoms with Crippen LogP contribution in [0.25, 0.3) is 0 Å². The predicted octanol–water partition coefficient (Wildman–Crippen LogP) is 2.64. The SMILES string of the molecule is C[C@H]1C[C@@H]1[C@H](NC(=O)OCc1ccccc1)[C@@H](O)C(=O)OC(C)(C)C. The second-order valence-corrected chi connectivity index (χ2v) is 7.59. The molecule has 6 heteroatoms. The molecule has 2 rings (SSSR count). The number of amides is 1. The summed E-state index contributed by atoms with van der Waals surface area (Å²) in [5, 5.41) is 13.0. The predicted molar refractivity (Wildman–Crippen MR) is 92.7 cm³/mol. The Balaban J connectivity index is 1.93. The van der Waals surface area contributed by atoms with Crippen LogP contribution < -0.4 is 5.32 Å². The average Bonchev–Trinajstić information content (AvgIpc) is 3.26. The molecule has 4 atom stereocenters. The topological polar surface area (TPSA) is 84.9 Å². The summed E-state index contributed by atoms with van der Waals surface area (Å²) in [6.45, 7) is 7.33. The fraction of sp³-hybridized carbons (Fsp3) is 0.579. The third-order valence-corrected chi connectivity index (χ3v) is 4.12. The summed E-state index contributed by atoms with van der Waals surface area (Å²) in [5.41, 5.74) is 0.160. The van der Waals surface area contributed by atoms with Gasteiger partial charge in [0.2, 0.25) is 0 Å². The first-order valence-electron chi connectivity index (χ1n) is 8.55. The maximum atomic E-state index is 12.1. The van der Waals surface area contributed by atoms with E-state index in [2.05, 4.69) is 5.32 Å². The van der Waals surface area contributed by atoms with Crippen molar-refractivity contribution in [3.63, 3.8) is 0 Å². The van der Waals surface area contributed by atoms with Crippen LogP contribution in [0.5, 0.6) is 0 Å². The maximum Gasteiger partial charge on any atom is 0.407 e. The van der Waals surface area contributed by atoms with Gasteiger partial charge in [-0.05, 0) is 44.6 Å². The number of esters is 1. The average molecular weight is 349 g/mol. The highest BCUT2D eigenvalue weighted by Gasteiger charge is 2.46. The highest BCUT2D eigenvalue weighted by molar-refractivity contribution is 5.77. The van der Waals surface area contributed by atoms with Crippen LogP contribution in [-0.4, -0.2) is 34.9 Å². The Bertz CT molecular complexity index is 596. The molecule has 1 aromatic carbocycles. The van der Waals surface area contributed by atoms with Crippen LogP contribution in [0.15, 0.2) is 30.3 Å². The van der Waals surface area contributed by atoms with E-state index in [0.717, 1.165) is 12.0 Å². The van der Waals surface area contributed by atoms with E-state index in [1.807, 2.05) is 37.3 Å². The fourth-order valence-corrected chi connectivity index (χ4v) is 2.68. The monoisotopic (exact) mass is 349 g/mol. The minimum Gasteiger partial charge on any atom is -0.458 e. The van der Waals surface area contributed by atoms with Crippen LogP contribution >= 0.6 is 0 Å². The molecule has 1 amide bonds. The minimum atomic E-state index is -1.42. The van der Waals surface area contributed by atoms with E-state index in [-0.39, 0.29) is 12.5 Å². The number of benzene rings is 1. The summed E-state index contributed by atoms with van der Waals surface area (Å²) in [7, 11) is 0. The van der Waals surface area contributed by atoms with E-state index in [1.54, 1.807) is 20.8 Å². The molecule has 0 bridgehead atoms. The minimum absolute atomic E-state index is 0.0341. The summed E-state index contributed by atoms with van der Waals surface area (Å²) < 4.78 is 10.4. The Morgan fingerprint density at radius 1 is 1.28 bits per heavy atom. The molecule has 0 aromatic heterocycles. The van der Waals surface area contributed by atoms with Gasteiger partial charge < -0.3 is 19.9 Å². The van der Waals surface area contributed by atoms with Gasteiger partial charge in [-0.15, -0.1) is 0 Å². The van der Waals surface area contributed by atoms with Gasteiger partial charge in [-0.1, -0.05) is 37.3 Å². The van der Waals surface area contributed by atoms with Crippen molar-refractivity contribution in [2.75, 3.05) is 0 Å². The van der Waals surface area contributed by atoms with Gasteiger partial charge in [0, 0.05) is 0 Å². The standard InChI is InChI=1S/C19H27NO5/c1-12-10-14(12)15(16(21)17(22)25-19(2,3)4)20-18(23)24-11-13-8-6-5-7-9-13/h5-9,12,14-16,21H,10-11H2,1-4H3,(H,20,23)/t12-,14-,15-,16+/m0/s1. The van der Waals surface area contributed by atoms with Crippen LogP contribution in [0, 0.1) is 11.8 Å². The lowest BCUT2D eigenvalue weighted by atomic mass is 10.0. The summed E-state index contributed by atoms with van der Waals surface area (Å²) >= 11 is 0. The summed E-state index contributed by atoms with van der Waals surface area (Å²) in [4.78, 5) is 24.2. The molecular weight excluding hydrogens is 322 g/mol. The maximum absolute atomic E-state index is 12.1. The molecule has 1 aliphatic carbocycles. The molecule has 1 aromatic rings. The zero-order chi connectivity index (χ0) is 18.6. The molecule has 0 saturated heterocycles. The van der Waals surface area contributed by atoms with Gasteiger partial charge in [0.25, 0.3) is 0 Å². The molecule has 25 heavy (non-hydrogen) atoms. The lowest BCUT2D eigenvalue weighted by Gasteiger charge is -2.26. The number of hydrogen-bond acceptors (Lipinski definition) is 5. The molecule has 0 heterocycles. The molecule has 1 aliphatic rings. The van der Waals surface area contributed by atoms with Gasteiger partial charge in [-0.3, -0.25) is 0 Å². The Hall–Kier alpha value is -2.08. The second kappa shape index (κ2) is 7.87. The fourth-order valence-electron chi connectivity index (χ4n) is 2.68. The van der Waals surface area contributed by atoms with Crippen LogP contribution in [0.2, 0.25) is 0 Å². The van der Waals surface area contributed by atoms with Gasteiger partial charge in [0.05, 0.1) is 6.04 Å². The van der Waals surface area contributed by atoms with Crippen LogP contribution in [0.4, 0.5) is 4.79 Å². The number of rotatable bonds is 6. The van der Waals surface area contributed by atoms with E-state index in [4.69, 9.17) is 9.47 Å². The molecular formula is C19H27NO5. The normalized spacial score (nSPS) is 21.8. The molecule has 1 fully saturated rings. The number of carbonyl (C=O) groups excluding carboxylic acids is 2. The zero-order valence-electron chi connectivity index (χ0n) is 15.2. The first kappa shape index (κ1) is 19.2. The Kier molecular flexibility index (Phi) is 6.06. The quantitative estimate of drug-likeness (QED) is 0.771. The van der Waals surface area contributed by atoms with Gasteiger partial charge in [0.15, 0.2) is 6.10 Å². The van der Waals surface area contributed by atoms with Crippen LogP contribution in [-0.2, 0) is 20.9 Å². The zero-order valence-corrected chi connectivity index (χ0v) is 15.2. The van der Waals surface area contributed by atoms with Crippen molar-refractivity contribution in [3.8, 4) is 0 Å². The summed E-state index contributed by atoms with van der Waals surface area (Å²) in [6, 6.07) is 8.58. The third kappa shape index (κ3) is 6.05. The highest BCUT2D eigenvalue weighted by Crippen LogP contribution is 2.41. The van der Waals surface area contributed by atoms with Crippen molar-refractivity contribution in [1.29, 1.82) is 0 Å². The highest BCUT2D eigenvalue weighted by atomic mass is 16.6. The first-order valence-corrected chi connectivity index (χ1v) is 8.55. The largest absolute Gasteiger partial charge is 0.458 e. The Morgan fingerprint density at radius 3 is 2.40 bits per heavy atom. The molecule has 1 saturated carbocycles. The molecule has 0 aliphatic heterocycles. The number of hydrogen-bond donors (Lipinski definition) is 2. The van der Waals surface area contributed by atoms with Crippen molar-refractivity contribution in [3.05, 3.63) is 35.9 Å². The first-order chi connectivity index (χ1) is 11.7. The van der Waals surface area contributed by atoms with E-state index < -0.39 is 29.8 Å². The van der Waals surface area contributed by atoms with Crippen molar-refractivity contribution < 1.29 is 24.2 Å². The number of nitrogens with one attached hydrogen (secondary N) is 1. The van der Waals surface area contributed by atoms with Gasteiger partial charge >= 0.3 is 12.1 Å². The van der Waals surface area contributed by atoms with Crippen LogP contribution in [0.3, 0.4) is 0 Å². The third-order valence-electron chi connectivity index (χ3n) is 4.12. The molecule has 6 nitrogen and oxygen atoms in total. The van der Waals surface area contributed by atoms with E-state index in [1.165, 1.54) is 0 Å². The number of aliphatic hydroxyl groups is 1. The molecule has 0 spiro atoms. The van der Waals surface area contributed by atoms with E-state index in [9.17, 15) is 14.7 Å². The Morgan fingerprint density at radius 2 is 1.88 bits per heavy atom. The van der Waals surface area contributed by atoms with Gasteiger partial charge in [0.1, 0.15) is 12.2 Å². The molecule has 0 unspecified atom stereocenters. The number of aliphatic hydroxyl groups excluding tert-OH is 1. The lowest BCUT2D eigenvalue weighted by Crippen LogP contribution is -2.50. The summed E-state index contributed by atoms with van der Waals surface area (Å²) in [6.07, 6.45) is -1.24. The smallest absolute Gasteiger partial charge is 0.407 e. The molecule has 2 N–H and O–H groups in total. The second-order valence-electron chi connectivity index (χ2n) is 7.59. The van der Waals surface area contributed by atoms with Crippen molar-refractivity contribution in [2.24, 2.45) is 11.8 Å². The number of carbonyl (C=O) groups is 2.